The SMILES string of the molecule is CCOc1ccc(NC(=S)N[C@H](C)c2ccc(F)c(F)c2)cc1. The van der Waals surface area contributed by atoms with E-state index < -0.39 is 11.6 Å². The number of rotatable bonds is 5. The molecule has 6 heteroatoms. The second-order valence-corrected chi connectivity index (χ2v) is 5.36. The summed E-state index contributed by atoms with van der Waals surface area (Å²) in [6.07, 6.45) is 0. The topological polar surface area (TPSA) is 33.3 Å². The van der Waals surface area contributed by atoms with Crippen LogP contribution in [0, 0.1) is 11.6 Å². The van der Waals surface area contributed by atoms with E-state index in [2.05, 4.69) is 10.6 Å². The molecule has 0 heterocycles. The van der Waals surface area contributed by atoms with E-state index in [9.17, 15) is 8.78 Å². The van der Waals surface area contributed by atoms with Gasteiger partial charge in [-0.2, -0.15) is 0 Å². The smallest absolute Gasteiger partial charge is 0.171 e. The van der Waals surface area contributed by atoms with Crippen LogP contribution < -0.4 is 15.4 Å². The zero-order valence-corrected chi connectivity index (χ0v) is 13.7. The maximum absolute atomic E-state index is 13.3. The molecule has 0 amide bonds. The first-order valence-electron chi connectivity index (χ1n) is 7.25. The van der Waals surface area contributed by atoms with Crippen molar-refractivity contribution in [3.63, 3.8) is 0 Å². The number of ether oxygens (including phenoxy) is 1. The lowest BCUT2D eigenvalue weighted by molar-refractivity contribution is 0.340. The molecule has 0 saturated carbocycles. The second-order valence-electron chi connectivity index (χ2n) is 4.95. The Morgan fingerprint density at radius 1 is 1.13 bits per heavy atom. The molecule has 0 aliphatic heterocycles. The van der Waals surface area contributed by atoms with Crippen LogP contribution in [0.2, 0.25) is 0 Å². The number of hydrogen-bond acceptors (Lipinski definition) is 2. The molecule has 1 atom stereocenters. The molecule has 0 radical (unpaired) electrons. The van der Waals surface area contributed by atoms with Gasteiger partial charge in [0.15, 0.2) is 16.7 Å². The fraction of sp³-hybridized carbons (Fsp3) is 0.235. The molecule has 122 valence electrons. The minimum Gasteiger partial charge on any atom is -0.494 e. The van der Waals surface area contributed by atoms with Crippen LogP contribution in [0.3, 0.4) is 0 Å². The van der Waals surface area contributed by atoms with Crippen molar-refractivity contribution in [3.8, 4) is 5.75 Å². The van der Waals surface area contributed by atoms with E-state index in [4.69, 9.17) is 17.0 Å². The van der Waals surface area contributed by atoms with Gasteiger partial charge in [-0.15, -0.1) is 0 Å². The number of halogens is 2. The van der Waals surface area contributed by atoms with Gasteiger partial charge in [-0.25, -0.2) is 8.78 Å². The van der Waals surface area contributed by atoms with Crippen molar-refractivity contribution in [2.24, 2.45) is 0 Å². The zero-order valence-electron chi connectivity index (χ0n) is 12.9. The van der Waals surface area contributed by atoms with Gasteiger partial charge in [-0.3, -0.25) is 0 Å². The van der Waals surface area contributed by atoms with Gasteiger partial charge in [-0.1, -0.05) is 6.07 Å². The molecule has 3 nitrogen and oxygen atoms in total. The van der Waals surface area contributed by atoms with Crippen molar-refractivity contribution in [1.82, 2.24) is 5.32 Å². The Balaban J connectivity index is 1.94. The average molecular weight is 336 g/mol. The van der Waals surface area contributed by atoms with Gasteiger partial charge in [0.05, 0.1) is 12.6 Å². The van der Waals surface area contributed by atoms with Crippen LogP contribution in [-0.4, -0.2) is 11.7 Å². The Morgan fingerprint density at radius 2 is 1.83 bits per heavy atom. The molecule has 0 unspecified atom stereocenters. The summed E-state index contributed by atoms with van der Waals surface area (Å²) < 4.78 is 31.6. The molecule has 2 N–H and O–H groups in total. The molecule has 0 aromatic heterocycles. The van der Waals surface area contributed by atoms with E-state index in [1.54, 1.807) is 0 Å². The highest BCUT2D eigenvalue weighted by atomic mass is 32.1. The first-order valence-corrected chi connectivity index (χ1v) is 7.65. The zero-order chi connectivity index (χ0) is 16.8. The van der Waals surface area contributed by atoms with Crippen molar-refractivity contribution in [2.75, 3.05) is 11.9 Å². The van der Waals surface area contributed by atoms with Crippen LogP contribution in [-0.2, 0) is 0 Å². The number of thiocarbonyl (C=S) groups is 1. The highest BCUT2D eigenvalue weighted by Crippen LogP contribution is 2.18. The van der Waals surface area contributed by atoms with Crippen molar-refractivity contribution in [1.29, 1.82) is 0 Å². The Bertz CT molecular complexity index is 677. The van der Waals surface area contributed by atoms with Gasteiger partial charge in [0, 0.05) is 5.69 Å². The van der Waals surface area contributed by atoms with E-state index in [1.807, 2.05) is 38.1 Å². The third-order valence-electron chi connectivity index (χ3n) is 3.21. The van der Waals surface area contributed by atoms with Crippen LogP contribution in [0.15, 0.2) is 42.5 Å². The normalized spacial score (nSPS) is 11.7. The summed E-state index contributed by atoms with van der Waals surface area (Å²) in [5.41, 5.74) is 1.42. The first-order chi connectivity index (χ1) is 11.0. The van der Waals surface area contributed by atoms with Gasteiger partial charge >= 0.3 is 0 Å². The van der Waals surface area contributed by atoms with E-state index in [-0.39, 0.29) is 6.04 Å². The Labute approximate surface area is 139 Å². The minimum absolute atomic E-state index is 0.257. The fourth-order valence-corrected chi connectivity index (χ4v) is 2.32. The van der Waals surface area contributed by atoms with Crippen LogP contribution in [0.1, 0.15) is 25.5 Å². The Kier molecular flexibility index (Phi) is 5.87. The highest BCUT2D eigenvalue weighted by molar-refractivity contribution is 7.80. The lowest BCUT2D eigenvalue weighted by Crippen LogP contribution is -2.30. The van der Waals surface area contributed by atoms with Crippen LogP contribution >= 0.6 is 12.2 Å². The molecular weight excluding hydrogens is 318 g/mol. The molecule has 0 bridgehead atoms. The van der Waals surface area contributed by atoms with Crippen LogP contribution in [0.5, 0.6) is 5.75 Å². The third kappa shape index (κ3) is 4.89. The second kappa shape index (κ2) is 7.87. The molecule has 0 aliphatic carbocycles. The van der Waals surface area contributed by atoms with E-state index >= 15 is 0 Å². The molecule has 2 aromatic carbocycles. The predicted octanol–water partition coefficient (Wildman–Crippen LogP) is 4.41. The number of nitrogens with one attached hydrogen (secondary N) is 2. The maximum atomic E-state index is 13.3. The number of anilines is 1. The summed E-state index contributed by atoms with van der Waals surface area (Å²) in [6, 6.07) is 10.9. The lowest BCUT2D eigenvalue weighted by atomic mass is 10.1. The first kappa shape index (κ1) is 17.1. The largest absolute Gasteiger partial charge is 0.494 e. The Morgan fingerprint density at radius 3 is 2.43 bits per heavy atom. The third-order valence-corrected chi connectivity index (χ3v) is 3.43. The number of hydrogen-bond donors (Lipinski definition) is 2. The molecule has 0 aliphatic rings. The molecule has 0 fully saturated rings. The van der Waals surface area contributed by atoms with Gasteiger partial charge in [-0.05, 0) is 68.0 Å². The fourth-order valence-electron chi connectivity index (χ4n) is 2.03. The summed E-state index contributed by atoms with van der Waals surface area (Å²) >= 11 is 5.23. The summed E-state index contributed by atoms with van der Waals surface area (Å²) in [4.78, 5) is 0. The van der Waals surface area contributed by atoms with Crippen molar-refractivity contribution < 1.29 is 13.5 Å². The molecule has 0 saturated heterocycles. The molecule has 23 heavy (non-hydrogen) atoms. The van der Waals surface area contributed by atoms with Gasteiger partial charge in [0.25, 0.3) is 0 Å². The van der Waals surface area contributed by atoms with Gasteiger partial charge < -0.3 is 15.4 Å². The number of benzene rings is 2. The van der Waals surface area contributed by atoms with E-state index in [1.165, 1.54) is 6.07 Å². The van der Waals surface area contributed by atoms with Crippen molar-refractivity contribution in [2.45, 2.75) is 19.9 Å². The van der Waals surface area contributed by atoms with E-state index in [0.717, 1.165) is 23.6 Å². The quantitative estimate of drug-likeness (QED) is 0.793. The Hall–Kier alpha value is -2.21. The van der Waals surface area contributed by atoms with Crippen molar-refractivity contribution in [3.05, 3.63) is 59.7 Å². The van der Waals surface area contributed by atoms with Gasteiger partial charge in [0.1, 0.15) is 5.75 Å². The van der Waals surface area contributed by atoms with Crippen LogP contribution in [0.25, 0.3) is 0 Å². The highest BCUT2D eigenvalue weighted by Gasteiger charge is 2.10. The summed E-state index contributed by atoms with van der Waals surface area (Å²) in [6.45, 7) is 4.35. The molecule has 0 spiro atoms. The summed E-state index contributed by atoms with van der Waals surface area (Å²) in [7, 11) is 0. The lowest BCUT2D eigenvalue weighted by Gasteiger charge is -2.17. The molecular formula is C17H18F2N2OS. The van der Waals surface area contributed by atoms with Crippen LogP contribution in [0.4, 0.5) is 14.5 Å². The average Bonchev–Trinajstić information content (AvgIpc) is 2.52. The molecule has 2 rings (SSSR count). The van der Waals surface area contributed by atoms with Crippen molar-refractivity contribution >= 4 is 23.0 Å². The maximum Gasteiger partial charge on any atom is 0.171 e. The van der Waals surface area contributed by atoms with E-state index in [0.29, 0.717) is 17.3 Å². The standard InChI is InChI=1S/C17H18F2N2OS/c1-3-22-14-7-5-13(6-8-14)21-17(23)20-11(2)12-4-9-15(18)16(19)10-12/h4-11H,3H2,1-2H3,(H2,20,21,23)/t11-/m1/s1. The minimum atomic E-state index is -0.874. The molecule has 2 aromatic rings. The monoisotopic (exact) mass is 336 g/mol. The summed E-state index contributed by atoms with van der Waals surface area (Å²) in [5, 5.41) is 6.46. The van der Waals surface area contributed by atoms with Gasteiger partial charge in [0.2, 0.25) is 0 Å². The summed E-state index contributed by atoms with van der Waals surface area (Å²) in [5.74, 6) is -0.954. The predicted molar refractivity (Wildman–Crippen MR) is 91.7 cm³/mol.